The second kappa shape index (κ2) is 10.3. The normalized spacial score (nSPS) is 13.0. The van der Waals surface area contributed by atoms with Gasteiger partial charge >= 0.3 is 12.1 Å². The van der Waals surface area contributed by atoms with E-state index in [9.17, 15) is 9.59 Å². The van der Waals surface area contributed by atoms with Crippen LogP contribution in [0.4, 0.5) is 4.79 Å². The van der Waals surface area contributed by atoms with E-state index in [1.54, 1.807) is 0 Å². The van der Waals surface area contributed by atoms with Crippen LogP contribution in [-0.4, -0.2) is 36.4 Å². The van der Waals surface area contributed by atoms with Crippen molar-refractivity contribution in [1.29, 1.82) is 0 Å². The van der Waals surface area contributed by atoms with Gasteiger partial charge in [0.05, 0.1) is 0 Å². The van der Waals surface area contributed by atoms with Crippen molar-refractivity contribution in [3.05, 3.63) is 59.7 Å². The number of unbranched alkanes of at least 4 members (excludes halogenated alkanes) is 1. The van der Waals surface area contributed by atoms with Gasteiger partial charge in [-0.25, -0.2) is 4.79 Å². The smallest absolute Gasteiger partial charge is 0.407 e. The van der Waals surface area contributed by atoms with Crippen LogP contribution in [0, 0.1) is 0 Å². The number of hydrogen-bond acceptors (Lipinski definition) is 4. The molecule has 1 atom stereocenters. The minimum absolute atomic E-state index is 0. The standard InChI is InChI=1S/C21H24N2O4.Cu/c22-19(20(24)25)11-5-6-12-23-21(26)27-13-18-16-9-3-1-7-14(16)15-8-2-4-10-17(15)18;/h1-4,7-10,18-19H,5-6,11-13,22H2,(H,23,26)(H,24,25);/t19-;/m0./s1. The number of amides is 1. The first-order valence-corrected chi connectivity index (χ1v) is 9.15. The summed E-state index contributed by atoms with van der Waals surface area (Å²) in [6.45, 7) is 0.715. The molecular weight excluding hydrogens is 408 g/mol. The topological polar surface area (TPSA) is 102 Å². The number of carboxylic acid groups (broad SMARTS) is 1. The Hall–Kier alpha value is -2.34. The number of ether oxygens (including phenoxy) is 1. The number of carboxylic acids is 1. The fraction of sp³-hybridized carbons (Fsp3) is 0.333. The molecule has 3 rings (SSSR count). The zero-order valence-corrected chi connectivity index (χ0v) is 16.3. The predicted octanol–water partition coefficient (Wildman–Crippen LogP) is 3.10. The van der Waals surface area contributed by atoms with E-state index < -0.39 is 18.1 Å². The Morgan fingerprint density at radius 2 is 1.61 bits per heavy atom. The van der Waals surface area contributed by atoms with Crippen LogP contribution < -0.4 is 11.1 Å². The van der Waals surface area contributed by atoms with Gasteiger partial charge in [0.15, 0.2) is 0 Å². The van der Waals surface area contributed by atoms with Gasteiger partial charge in [0.2, 0.25) is 0 Å². The van der Waals surface area contributed by atoms with Crippen molar-refractivity contribution in [3.8, 4) is 11.1 Å². The van der Waals surface area contributed by atoms with Crippen LogP contribution in [0.25, 0.3) is 11.1 Å². The fourth-order valence-corrected chi connectivity index (χ4v) is 3.45. The molecule has 1 aliphatic carbocycles. The number of hydrogen-bond donors (Lipinski definition) is 3. The molecule has 0 saturated carbocycles. The van der Waals surface area contributed by atoms with Crippen LogP contribution in [0.2, 0.25) is 0 Å². The van der Waals surface area contributed by atoms with E-state index in [2.05, 4.69) is 29.6 Å². The van der Waals surface area contributed by atoms with E-state index in [-0.39, 0.29) is 29.6 Å². The number of benzene rings is 2. The van der Waals surface area contributed by atoms with Crippen LogP contribution in [0.5, 0.6) is 0 Å². The molecular formula is C21H24CuN2O4. The van der Waals surface area contributed by atoms with E-state index in [0.29, 0.717) is 25.8 Å². The molecule has 0 saturated heterocycles. The van der Waals surface area contributed by atoms with Gasteiger partial charge in [-0.2, -0.15) is 0 Å². The molecule has 153 valence electrons. The summed E-state index contributed by atoms with van der Waals surface area (Å²) in [7, 11) is 0. The molecule has 0 unspecified atom stereocenters. The predicted molar refractivity (Wildman–Crippen MR) is 103 cm³/mol. The number of nitrogens with one attached hydrogen (secondary N) is 1. The number of fused-ring (bicyclic) bond motifs is 3. The first-order valence-electron chi connectivity index (χ1n) is 9.15. The largest absolute Gasteiger partial charge is 0.480 e. The third-order valence-corrected chi connectivity index (χ3v) is 4.87. The van der Waals surface area contributed by atoms with Crippen molar-refractivity contribution in [3.63, 3.8) is 0 Å². The summed E-state index contributed by atoms with van der Waals surface area (Å²) in [4.78, 5) is 22.6. The minimum Gasteiger partial charge on any atom is -0.480 e. The number of nitrogens with two attached hydrogens (primary N) is 1. The van der Waals surface area contributed by atoms with E-state index in [1.165, 1.54) is 22.3 Å². The molecule has 7 heteroatoms. The Kier molecular flexibility index (Phi) is 8.05. The minimum atomic E-state index is -1.00. The zero-order chi connectivity index (χ0) is 19.2. The van der Waals surface area contributed by atoms with Crippen LogP contribution >= 0.6 is 0 Å². The summed E-state index contributed by atoms with van der Waals surface area (Å²) in [6, 6.07) is 15.5. The molecule has 0 aromatic heterocycles. The molecule has 0 aliphatic heterocycles. The maximum absolute atomic E-state index is 12.0. The van der Waals surface area contributed by atoms with Crippen molar-refractivity contribution >= 4 is 12.1 Å². The van der Waals surface area contributed by atoms with Gasteiger partial charge in [0, 0.05) is 29.5 Å². The average molecular weight is 432 g/mol. The number of aliphatic carboxylic acids is 1. The Balaban J connectivity index is 0.00000280. The molecule has 0 heterocycles. The number of carbonyl (C=O) groups is 2. The van der Waals surface area contributed by atoms with Crippen molar-refractivity contribution in [1.82, 2.24) is 5.32 Å². The number of rotatable bonds is 8. The maximum atomic E-state index is 12.0. The summed E-state index contributed by atoms with van der Waals surface area (Å²) < 4.78 is 5.44. The van der Waals surface area contributed by atoms with Crippen LogP contribution in [0.15, 0.2) is 48.5 Å². The summed E-state index contributed by atoms with van der Waals surface area (Å²) >= 11 is 0. The third-order valence-electron chi connectivity index (χ3n) is 4.87. The molecule has 28 heavy (non-hydrogen) atoms. The Morgan fingerprint density at radius 3 is 2.18 bits per heavy atom. The van der Waals surface area contributed by atoms with Crippen LogP contribution in [-0.2, 0) is 26.6 Å². The second-order valence-electron chi connectivity index (χ2n) is 6.69. The van der Waals surface area contributed by atoms with E-state index in [1.807, 2.05) is 24.3 Å². The van der Waals surface area contributed by atoms with E-state index in [4.69, 9.17) is 15.6 Å². The monoisotopic (exact) mass is 431 g/mol. The summed E-state index contributed by atoms with van der Waals surface area (Å²) in [5.41, 5.74) is 10.2. The fourth-order valence-electron chi connectivity index (χ4n) is 3.45. The number of alkyl carbamates (subject to hydrolysis) is 1. The SMILES string of the molecule is N[C@@H](CCCCNC(=O)OCC1c2ccccc2-c2ccccc21)C(=O)O.[Cu]. The third kappa shape index (κ3) is 5.13. The van der Waals surface area contributed by atoms with E-state index in [0.717, 1.165) is 0 Å². The summed E-state index contributed by atoms with van der Waals surface area (Å²) in [6.07, 6.45) is 1.23. The Bertz CT molecular complexity index is 782. The summed E-state index contributed by atoms with van der Waals surface area (Å²) in [5, 5.41) is 11.4. The van der Waals surface area contributed by atoms with Crippen molar-refractivity contribution in [2.24, 2.45) is 5.73 Å². The van der Waals surface area contributed by atoms with Gasteiger partial charge in [0.25, 0.3) is 0 Å². The Morgan fingerprint density at radius 1 is 1.04 bits per heavy atom. The molecule has 2 aromatic carbocycles. The van der Waals surface area contributed by atoms with Crippen LogP contribution in [0.3, 0.4) is 0 Å². The molecule has 1 amide bonds. The van der Waals surface area contributed by atoms with Gasteiger partial charge in [-0.05, 0) is 41.5 Å². The van der Waals surface area contributed by atoms with Crippen molar-refractivity contribution in [2.45, 2.75) is 31.2 Å². The van der Waals surface area contributed by atoms with Crippen molar-refractivity contribution in [2.75, 3.05) is 13.2 Å². The molecule has 0 spiro atoms. The molecule has 4 N–H and O–H groups in total. The maximum Gasteiger partial charge on any atom is 0.407 e. The first-order chi connectivity index (χ1) is 13.1. The Labute approximate surface area is 174 Å². The van der Waals surface area contributed by atoms with Crippen molar-refractivity contribution < 1.29 is 36.5 Å². The quantitative estimate of drug-likeness (QED) is 0.440. The molecule has 6 nitrogen and oxygen atoms in total. The second-order valence-corrected chi connectivity index (χ2v) is 6.69. The molecule has 0 fully saturated rings. The molecule has 2 aromatic rings. The zero-order valence-electron chi connectivity index (χ0n) is 15.4. The average Bonchev–Trinajstić information content (AvgIpc) is 3.00. The molecule has 1 radical (unpaired) electrons. The van der Waals surface area contributed by atoms with E-state index >= 15 is 0 Å². The number of carbonyl (C=O) groups excluding carboxylic acids is 1. The van der Waals surface area contributed by atoms with Gasteiger partial charge in [0.1, 0.15) is 12.6 Å². The van der Waals surface area contributed by atoms with Gasteiger partial charge in [-0.15, -0.1) is 0 Å². The van der Waals surface area contributed by atoms with Gasteiger partial charge < -0.3 is 20.9 Å². The van der Waals surface area contributed by atoms with Crippen LogP contribution in [0.1, 0.15) is 36.3 Å². The van der Waals surface area contributed by atoms with Gasteiger partial charge in [-0.1, -0.05) is 48.5 Å². The first kappa shape index (κ1) is 22.0. The molecule has 0 bridgehead atoms. The molecule has 1 aliphatic rings. The summed E-state index contributed by atoms with van der Waals surface area (Å²) in [5.74, 6) is -0.962. The van der Waals surface area contributed by atoms with Gasteiger partial charge in [-0.3, -0.25) is 4.79 Å².